The Morgan fingerprint density at radius 3 is 1.91 bits per heavy atom. The van der Waals surface area contributed by atoms with Crippen molar-refractivity contribution in [3.8, 4) is 0 Å². The molecule has 1 nitrogen and oxygen atoms in total. The Morgan fingerprint density at radius 2 is 1.64 bits per heavy atom. The molecule has 0 spiro atoms. The van der Waals surface area contributed by atoms with Crippen molar-refractivity contribution in [1.82, 2.24) is 5.32 Å². The van der Waals surface area contributed by atoms with Crippen molar-refractivity contribution in [2.45, 2.75) is 34.6 Å². The van der Waals surface area contributed by atoms with Crippen molar-refractivity contribution in [1.29, 1.82) is 0 Å². The molecule has 1 N–H and O–H groups in total. The summed E-state index contributed by atoms with van der Waals surface area (Å²) >= 11 is 0. The molecule has 1 unspecified atom stereocenters. The van der Waals surface area contributed by atoms with Crippen LogP contribution in [0.3, 0.4) is 0 Å². The summed E-state index contributed by atoms with van der Waals surface area (Å²) in [7, 11) is 2.02. The van der Waals surface area contributed by atoms with E-state index in [1.54, 1.807) is 0 Å². The van der Waals surface area contributed by atoms with Crippen LogP contribution in [0.15, 0.2) is 0 Å². The van der Waals surface area contributed by atoms with Gasteiger partial charge in [0.15, 0.2) is 0 Å². The maximum absolute atomic E-state index is 3.24. The molecule has 0 saturated carbocycles. The molecular formula is C10H23N. The molecule has 0 aliphatic heterocycles. The fourth-order valence-corrected chi connectivity index (χ4v) is 1.52. The lowest BCUT2D eigenvalue weighted by atomic mass is 9.74. The summed E-state index contributed by atoms with van der Waals surface area (Å²) in [6.07, 6.45) is 0. The van der Waals surface area contributed by atoms with Crippen molar-refractivity contribution in [2.75, 3.05) is 13.6 Å². The van der Waals surface area contributed by atoms with Crippen LogP contribution in [0, 0.1) is 17.3 Å². The molecule has 0 aromatic rings. The largest absolute Gasteiger partial charge is 0.319 e. The lowest BCUT2D eigenvalue weighted by molar-refractivity contribution is 0.173. The van der Waals surface area contributed by atoms with Gasteiger partial charge in [-0.2, -0.15) is 0 Å². The van der Waals surface area contributed by atoms with E-state index in [2.05, 4.69) is 39.9 Å². The molecule has 0 aliphatic carbocycles. The Bertz CT molecular complexity index is 105. The third kappa shape index (κ3) is 3.24. The predicted octanol–water partition coefficient (Wildman–Crippen LogP) is 2.52. The third-order valence-corrected chi connectivity index (χ3v) is 2.87. The Morgan fingerprint density at radius 1 is 1.18 bits per heavy atom. The number of nitrogens with one attached hydrogen (secondary N) is 1. The maximum Gasteiger partial charge on any atom is 0.000216 e. The second-order valence-corrected chi connectivity index (χ2v) is 4.55. The molecule has 0 aromatic carbocycles. The van der Waals surface area contributed by atoms with Crippen LogP contribution in [0.4, 0.5) is 0 Å². The van der Waals surface area contributed by atoms with E-state index in [0.717, 1.165) is 18.4 Å². The molecular weight excluding hydrogens is 134 g/mol. The Labute approximate surface area is 71.6 Å². The smallest absolute Gasteiger partial charge is 0.000216 e. The van der Waals surface area contributed by atoms with Gasteiger partial charge in [0.2, 0.25) is 0 Å². The minimum Gasteiger partial charge on any atom is -0.319 e. The summed E-state index contributed by atoms with van der Waals surface area (Å²) in [5, 5.41) is 3.24. The van der Waals surface area contributed by atoms with Gasteiger partial charge >= 0.3 is 0 Å². The molecule has 68 valence electrons. The van der Waals surface area contributed by atoms with Gasteiger partial charge in [0, 0.05) is 6.54 Å². The zero-order chi connectivity index (χ0) is 9.07. The lowest BCUT2D eigenvalue weighted by Gasteiger charge is -2.34. The molecule has 11 heavy (non-hydrogen) atoms. The van der Waals surface area contributed by atoms with Crippen LogP contribution in [0.5, 0.6) is 0 Å². The third-order valence-electron chi connectivity index (χ3n) is 2.87. The second-order valence-electron chi connectivity index (χ2n) is 4.55. The van der Waals surface area contributed by atoms with E-state index in [-0.39, 0.29) is 0 Å². The molecule has 0 fully saturated rings. The summed E-state index contributed by atoms with van der Waals surface area (Å²) < 4.78 is 0. The monoisotopic (exact) mass is 157 g/mol. The molecule has 0 aliphatic rings. The number of hydrogen-bond donors (Lipinski definition) is 1. The van der Waals surface area contributed by atoms with Gasteiger partial charge in [0.1, 0.15) is 0 Å². The van der Waals surface area contributed by atoms with E-state index in [4.69, 9.17) is 0 Å². The lowest BCUT2D eigenvalue weighted by Crippen LogP contribution is -2.35. The van der Waals surface area contributed by atoms with E-state index in [1.165, 1.54) is 0 Å². The van der Waals surface area contributed by atoms with Gasteiger partial charge in [-0.25, -0.2) is 0 Å². The van der Waals surface area contributed by atoms with Gasteiger partial charge in [0.25, 0.3) is 0 Å². The molecule has 0 heterocycles. The molecule has 0 bridgehead atoms. The van der Waals surface area contributed by atoms with Gasteiger partial charge in [-0.15, -0.1) is 0 Å². The fraction of sp³-hybridized carbons (Fsp3) is 1.00. The van der Waals surface area contributed by atoms with Crippen LogP contribution in [-0.4, -0.2) is 13.6 Å². The quantitative estimate of drug-likeness (QED) is 0.661. The highest BCUT2D eigenvalue weighted by molar-refractivity contribution is 4.78. The van der Waals surface area contributed by atoms with Gasteiger partial charge in [-0.1, -0.05) is 34.6 Å². The van der Waals surface area contributed by atoms with Crippen LogP contribution in [-0.2, 0) is 0 Å². The predicted molar refractivity (Wildman–Crippen MR) is 51.7 cm³/mol. The first-order chi connectivity index (χ1) is 4.91. The van der Waals surface area contributed by atoms with Crippen LogP contribution in [0.2, 0.25) is 0 Å². The first-order valence-electron chi connectivity index (χ1n) is 4.56. The van der Waals surface area contributed by atoms with E-state index < -0.39 is 0 Å². The van der Waals surface area contributed by atoms with Gasteiger partial charge in [-0.3, -0.25) is 0 Å². The summed E-state index contributed by atoms with van der Waals surface area (Å²) in [4.78, 5) is 0. The van der Waals surface area contributed by atoms with E-state index in [9.17, 15) is 0 Å². The average Bonchev–Trinajstić information content (AvgIpc) is 1.86. The summed E-state index contributed by atoms with van der Waals surface area (Å²) in [6.45, 7) is 12.7. The molecule has 0 saturated heterocycles. The maximum atomic E-state index is 3.24. The van der Waals surface area contributed by atoms with E-state index in [1.807, 2.05) is 7.05 Å². The summed E-state index contributed by atoms with van der Waals surface area (Å²) in [6, 6.07) is 0. The molecule has 1 heteroatoms. The van der Waals surface area contributed by atoms with Crippen LogP contribution in [0.1, 0.15) is 34.6 Å². The molecule has 0 aromatic heterocycles. The minimum atomic E-state index is 0.420. The first-order valence-corrected chi connectivity index (χ1v) is 4.56. The highest BCUT2D eigenvalue weighted by Gasteiger charge is 2.26. The number of hydrogen-bond acceptors (Lipinski definition) is 1. The van der Waals surface area contributed by atoms with Crippen molar-refractivity contribution in [2.24, 2.45) is 17.3 Å². The van der Waals surface area contributed by atoms with E-state index >= 15 is 0 Å². The van der Waals surface area contributed by atoms with Crippen molar-refractivity contribution >= 4 is 0 Å². The van der Waals surface area contributed by atoms with Crippen LogP contribution < -0.4 is 5.32 Å². The number of rotatable bonds is 4. The van der Waals surface area contributed by atoms with Gasteiger partial charge in [-0.05, 0) is 24.3 Å². The molecule has 0 radical (unpaired) electrons. The molecule has 1 atom stereocenters. The van der Waals surface area contributed by atoms with Crippen molar-refractivity contribution in [3.63, 3.8) is 0 Å². The zero-order valence-electron chi connectivity index (χ0n) is 8.86. The fourth-order valence-electron chi connectivity index (χ4n) is 1.52. The summed E-state index contributed by atoms with van der Waals surface area (Å²) in [5.74, 6) is 1.55. The summed E-state index contributed by atoms with van der Waals surface area (Å²) in [5.41, 5.74) is 0.420. The molecule has 0 amide bonds. The second kappa shape index (κ2) is 4.10. The SMILES string of the molecule is CNCC(C)(C)C(C)C(C)C. The van der Waals surface area contributed by atoms with Crippen molar-refractivity contribution < 1.29 is 0 Å². The normalized spacial score (nSPS) is 15.5. The Hall–Kier alpha value is -0.0400. The van der Waals surface area contributed by atoms with Gasteiger partial charge < -0.3 is 5.32 Å². The first kappa shape index (κ1) is 11.0. The van der Waals surface area contributed by atoms with Crippen LogP contribution >= 0.6 is 0 Å². The van der Waals surface area contributed by atoms with E-state index in [0.29, 0.717) is 5.41 Å². The average molecular weight is 157 g/mol. The van der Waals surface area contributed by atoms with Crippen molar-refractivity contribution in [3.05, 3.63) is 0 Å². The molecule has 0 rings (SSSR count). The minimum absolute atomic E-state index is 0.420. The topological polar surface area (TPSA) is 12.0 Å². The highest BCUT2D eigenvalue weighted by Crippen LogP contribution is 2.31. The van der Waals surface area contributed by atoms with Gasteiger partial charge in [0.05, 0.1) is 0 Å². The standard InChI is InChI=1S/C10H23N/c1-8(2)9(3)10(4,5)7-11-6/h8-9,11H,7H2,1-6H3. The Balaban J connectivity index is 4.05. The van der Waals surface area contributed by atoms with Crippen LogP contribution in [0.25, 0.3) is 0 Å². The highest BCUT2D eigenvalue weighted by atomic mass is 14.8. The zero-order valence-corrected chi connectivity index (χ0v) is 8.86. The Kier molecular flexibility index (Phi) is 4.09.